The van der Waals surface area contributed by atoms with Gasteiger partial charge in [-0.05, 0) is 0 Å². The molecular formula is C8H8Cl2O4. The maximum atomic E-state index is 10.2. The zero-order chi connectivity index (χ0) is 10.8. The molecule has 4 nitrogen and oxygen atoms in total. The third-order valence-electron chi connectivity index (χ3n) is 1.51. The zero-order valence-electron chi connectivity index (χ0n) is 7.04. The van der Waals surface area contributed by atoms with E-state index in [0.717, 1.165) is 0 Å². The second-order valence-corrected chi connectivity index (χ2v) is 3.83. The van der Waals surface area contributed by atoms with Gasteiger partial charge in [-0.1, -0.05) is 29.3 Å². The number of rotatable bonds is 3. The van der Waals surface area contributed by atoms with Crippen LogP contribution in [0.2, 0.25) is 0 Å². The molecule has 0 saturated carbocycles. The van der Waals surface area contributed by atoms with Gasteiger partial charge in [0.1, 0.15) is 5.76 Å². The molecule has 14 heavy (non-hydrogen) atoms. The molecule has 78 valence electrons. The highest BCUT2D eigenvalue weighted by molar-refractivity contribution is 6.32. The van der Waals surface area contributed by atoms with Crippen molar-refractivity contribution < 1.29 is 19.7 Å². The van der Waals surface area contributed by atoms with Crippen LogP contribution in [0.4, 0.5) is 0 Å². The van der Waals surface area contributed by atoms with Crippen molar-refractivity contribution in [1.82, 2.24) is 0 Å². The van der Waals surface area contributed by atoms with Gasteiger partial charge in [0, 0.05) is 12.5 Å². The molecule has 0 heterocycles. The van der Waals surface area contributed by atoms with E-state index in [0.29, 0.717) is 0 Å². The quantitative estimate of drug-likeness (QED) is 0.731. The van der Waals surface area contributed by atoms with E-state index in [4.69, 9.17) is 33.0 Å². The van der Waals surface area contributed by atoms with Crippen molar-refractivity contribution in [1.29, 1.82) is 0 Å². The summed E-state index contributed by atoms with van der Waals surface area (Å²) in [5.41, 5.74) is 0. The van der Waals surface area contributed by atoms with Gasteiger partial charge in [-0.2, -0.15) is 0 Å². The van der Waals surface area contributed by atoms with Crippen molar-refractivity contribution >= 4 is 29.2 Å². The van der Waals surface area contributed by atoms with E-state index >= 15 is 0 Å². The standard InChI is InChI=1S/C8H8Cl2O4/c9-5-1-2-8(10,13)3-6(5)14-4-7(11)12/h1,3,13H,2,4H2,(H,11,12). The number of alkyl halides is 1. The van der Waals surface area contributed by atoms with Gasteiger partial charge in [0.25, 0.3) is 0 Å². The summed E-state index contributed by atoms with van der Waals surface area (Å²) in [7, 11) is 0. The molecule has 1 aliphatic carbocycles. The second kappa shape index (κ2) is 4.21. The summed E-state index contributed by atoms with van der Waals surface area (Å²) in [6, 6.07) is 0. The normalized spacial score (nSPS) is 26.5. The average molecular weight is 239 g/mol. The molecular weight excluding hydrogens is 231 g/mol. The Morgan fingerprint density at radius 2 is 2.36 bits per heavy atom. The number of allylic oxidation sites excluding steroid dienone is 1. The van der Waals surface area contributed by atoms with E-state index < -0.39 is 17.6 Å². The first-order valence-corrected chi connectivity index (χ1v) is 4.51. The fourth-order valence-corrected chi connectivity index (χ4v) is 1.27. The first kappa shape index (κ1) is 11.4. The number of hydrogen-bond acceptors (Lipinski definition) is 3. The van der Waals surface area contributed by atoms with Crippen LogP contribution in [-0.2, 0) is 9.53 Å². The fourth-order valence-electron chi connectivity index (χ4n) is 0.912. The number of aliphatic carboxylic acids is 1. The Labute approximate surface area is 90.4 Å². The minimum atomic E-state index is -1.55. The Morgan fingerprint density at radius 3 is 2.93 bits per heavy atom. The lowest BCUT2D eigenvalue weighted by atomic mass is 10.1. The van der Waals surface area contributed by atoms with Crippen molar-refractivity contribution in [3.8, 4) is 0 Å². The Balaban J connectivity index is 2.69. The average Bonchev–Trinajstić information content (AvgIpc) is 2.06. The van der Waals surface area contributed by atoms with Gasteiger partial charge in [-0.3, -0.25) is 0 Å². The Hall–Kier alpha value is -0.710. The summed E-state index contributed by atoms with van der Waals surface area (Å²) < 4.78 is 4.81. The molecule has 1 aliphatic rings. The van der Waals surface area contributed by atoms with Crippen molar-refractivity contribution in [3.63, 3.8) is 0 Å². The number of carboxylic acids is 1. The predicted octanol–water partition coefficient (Wildman–Crippen LogP) is 1.43. The smallest absolute Gasteiger partial charge is 0.341 e. The summed E-state index contributed by atoms with van der Waals surface area (Å²) in [6.07, 6.45) is 2.80. The highest BCUT2D eigenvalue weighted by atomic mass is 35.5. The van der Waals surface area contributed by atoms with E-state index in [1.807, 2.05) is 0 Å². The maximum absolute atomic E-state index is 10.2. The molecule has 0 radical (unpaired) electrons. The van der Waals surface area contributed by atoms with Crippen LogP contribution in [-0.4, -0.2) is 27.8 Å². The molecule has 0 spiro atoms. The lowest BCUT2D eigenvalue weighted by Crippen LogP contribution is -2.21. The van der Waals surface area contributed by atoms with Gasteiger partial charge in [0.15, 0.2) is 11.7 Å². The largest absolute Gasteiger partial charge is 0.481 e. The fraction of sp³-hybridized carbons (Fsp3) is 0.375. The molecule has 0 fully saturated rings. The van der Waals surface area contributed by atoms with Gasteiger partial charge in [0.05, 0.1) is 5.03 Å². The molecule has 2 N–H and O–H groups in total. The number of aliphatic hydroxyl groups is 1. The van der Waals surface area contributed by atoms with Crippen molar-refractivity contribution in [2.75, 3.05) is 6.61 Å². The van der Waals surface area contributed by atoms with Crippen LogP contribution in [0.15, 0.2) is 22.9 Å². The number of hydrogen-bond donors (Lipinski definition) is 2. The van der Waals surface area contributed by atoms with Crippen LogP contribution >= 0.6 is 23.2 Å². The summed E-state index contributed by atoms with van der Waals surface area (Å²) in [6.45, 7) is -0.525. The molecule has 6 heteroatoms. The molecule has 0 saturated heterocycles. The van der Waals surface area contributed by atoms with E-state index in [2.05, 4.69) is 0 Å². The van der Waals surface area contributed by atoms with Crippen LogP contribution in [0.25, 0.3) is 0 Å². The molecule has 1 rings (SSSR count). The molecule has 0 aliphatic heterocycles. The van der Waals surface area contributed by atoms with E-state index in [-0.39, 0.29) is 17.2 Å². The van der Waals surface area contributed by atoms with Crippen molar-refractivity contribution in [2.45, 2.75) is 11.5 Å². The highest BCUT2D eigenvalue weighted by Crippen LogP contribution is 2.31. The van der Waals surface area contributed by atoms with Gasteiger partial charge in [-0.25, -0.2) is 4.79 Å². The molecule has 0 aromatic carbocycles. The second-order valence-electron chi connectivity index (χ2n) is 2.77. The van der Waals surface area contributed by atoms with Gasteiger partial charge >= 0.3 is 5.97 Å². The number of carboxylic acid groups (broad SMARTS) is 1. The first-order valence-electron chi connectivity index (χ1n) is 3.75. The summed E-state index contributed by atoms with van der Waals surface area (Å²) in [4.78, 5) is 10.2. The van der Waals surface area contributed by atoms with Gasteiger partial charge < -0.3 is 14.9 Å². The molecule has 0 bridgehead atoms. The summed E-state index contributed by atoms with van der Waals surface area (Å²) in [5, 5.41) is 16.4. The lowest BCUT2D eigenvalue weighted by Gasteiger charge is -2.21. The minimum absolute atomic E-state index is 0.0813. The third kappa shape index (κ3) is 3.21. The highest BCUT2D eigenvalue weighted by Gasteiger charge is 2.26. The van der Waals surface area contributed by atoms with E-state index in [1.165, 1.54) is 12.2 Å². The van der Waals surface area contributed by atoms with E-state index in [9.17, 15) is 9.90 Å². The SMILES string of the molecule is O=C(O)COC1=CC(O)(Cl)CC=C1Cl. The monoisotopic (exact) mass is 238 g/mol. The third-order valence-corrected chi connectivity index (χ3v) is 2.11. The maximum Gasteiger partial charge on any atom is 0.341 e. The van der Waals surface area contributed by atoms with Gasteiger partial charge in [-0.15, -0.1) is 0 Å². The molecule has 1 unspecified atom stereocenters. The Morgan fingerprint density at radius 1 is 1.71 bits per heavy atom. The van der Waals surface area contributed by atoms with Crippen LogP contribution in [0.3, 0.4) is 0 Å². The topological polar surface area (TPSA) is 66.8 Å². The minimum Gasteiger partial charge on any atom is -0.481 e. The number of halogens is 2. The van der Waals surface area contributed by atoms with Crippen molar-refractivity contribution in [2.24, 2.45) is 0 Å². The predicted molar refractivity (Wildman–Crippen MR) is 51.0 cm³/mol. The molecule has 0 amide bonds. The van der Waals surface area contributed by atoms with E-state index in [1.54, 1.807) is 0 Å². The molecule has 0 aromatic rings. The van der Waals surface area contributed by atoms with Gasteiger partial charge in [0.2, 0.25) is 0 Å². The Kier molecular flexibility index (Phi) is 3.42. The lowest BCUT2D eigenvalue weighted by molar-refractivity contribution is -0.140. The molecule has 0 aromatic heterocycles. The number of carbonyl (C=O) groups is 1. The van der Waals surface area contributed by atoms with Crippen LogP contribution in [0.1, 0.15) is 6.42 Å². The first-order chi connectivity index (χ1) is 6.41. The van der Waals surface area contributed by atoms with Crippen LogP contribution in [0.5, 0.6) is 0 Å². The molecule has 1 atom stereocenters. The Bertz CT molecular complexity index is 306. The summed E-state index contributed by atoms with van der Waals surface area (Å²) >= 11 is 11.3. The van der Waals surface area contributed by atoms with Crippen LogP contribution < -0.4 is 0 Å². The zero-order valence-corrected chi connectivity index (χ0v) is 8.55. The van der Waals surface area contributed by atoms with Crippen LogP contribution in [0, 0.1) is 0 Å². The van der Waals surface area contributed by atoms with Crippen molar-refractivity contribution in [3.05, 3.63) is 22.9 Å². The summed E-state index contributed by atoms with van der Waals surface area (Å²) in [5.74, 6) is -1.04. The number of ether oxygens (including phenoxy) is 1.